The summed E-state index contributed by atoms with van der Waals surface area (Å²) in [5.41, 5.74) is 2.74. The molecule has 0 bridgehead atoms. The van der Waals surface area contributed by atoms with Gasteiger partial charge in [0.2, 0.25) is 0 Å². The van der Waals surface area contributed by atoms with Crippen molar-refractivity contribution in [3.8, 4) is 5.75 Å². The Morgan fingerprint density at radius 2 is 2.12 bits per heavy atom. The van der Waals surface area contributed by atoms with Gasteiger partial charge in [0, 0.05) is 21.9 Å². The van der Waals surface area contributed by atoms with E-state index < -0.39 is 0 Å². The molecule has 2 aromatic carbocycles. The number of carbonyl (C=O) groups is 1. The number of rotatable bonds is 3. The number of methoxy groups -OCH3 is 1. The Labute approximate surface area is 154 Å². The summed E-state index contributed by atoms with van der Waals surface area (Å²) in [6.07, 6.45) is 1.99. The maximum Gasteiger partial charge on any atom is 0.270 e. The second-order valence-corrected chi connectivity index (χ2v) is 7.26. The molecule has 1 fully saturated rings. The predicted octanol–water partition coefficient (Wildman–Crippen LogP) is 4.92. The second-order valence-electron chi connectivity index (χ2n) is 6.35. The Bertz CT molecular complexity index is 934. The first kappa shape index (κ1) is 16.2. The number of likely N-dealkylation sites (tertiary alicyclic amines) is 1. The van der Waals surface area contributed by atoms with Crippen LogP contribution in [0.1, 0.15) is 34.9 Å². The minimum atomic E-state index is 0.0534. The number of fused-ring (bicyclic) bond motifs is 1. The van der Waals surface area contributed by atoms with Crippen LogP contribution in [0.2, 0.25) is 0 Å². The average molecular weight is 399 g/mol. The van der Waals surface area contributed by atoms with Gasteiger partial charge in [0.05, 0.1) is 13.2 Å². The van der Waals surface area contributed by atoms with E-state index in [0.29, 0.717) is 5.69 Å². The lowest BCUT2D eigenvalue weighted by atomic mass is 10.0. The van der Waals surface area contributed by atoms with Gasteiger partial charge in [-0.1, -0.05) is 34.1 Å². The minimum absolute atomic E-state index is 0.0534. The molecule has 1 N–H and O–H groups in total. The molecular weight excluding hydrogens is 380 g/mol. The Balaban J connectivity index is 1.65. The van der Waals surface area contributed by atoms with E-state index >= 15 is 0 Å². The minimum Gasteiger partial charge on any atom is -0.497 e. The monoisotopic (exact) mass is 398 g/mol. The number of halogens is 1. The number of amides is 1. The van der Waals surface area contributed by atoms with E-state index in [-0.39, 0.29) is 11.9 Å². The Hall–Kier alpha value is -2.27. The van der Waals surface area contributed by atoms with E-state index in [1.807, 2.05) is 47.4 Å². The lowest BCUT2D eigenvalue weighted by Gasteiger charge is -2.25. The molecule has 1 atom stereocenters. The Morgan fingerprint density at radius 3 is 2.96 bits per heavy atom. The number of nitrogens with zero attached hydrogens (tertiary/aromatic N) is 1. The molecule has 5 heteroatoms. The number of hydrogen-bond donors (Lipinski definition) is 1. The molecule has 0 radical (unpaired) electrons. The van der Waals surface area contributed by atoms with Crippen molar-refractivity contribution in [2.45, 2.75) is 18.9 Å². The van der Waals surface area contributed by atoms with Crippen LogP contribution < -0.4 is 4.74 Å². The number of aromatic nitrogens is 1. The van der Waals surface area contributed by atoms with Gasteiger partial charge in [-0.25, -0.2) is 0 Å². The van der Waals surface area contributed by atoms with E-state index in [9.17, 15) is 4.79 Å². The molecule has 25 heavy (non-hydrogen) atoms. The van der Waals surface area contributed by atoms with E-state index in [2.05, 4.69) is 27.0 Å². The number of H-pyrrole nitrogens is 1. The van der Waals surface area contributed by atoms with Crippen LogP contribution in [0.3, 0.4) is 0 Å². The highest BCUT2D eigenvalue weighted by Gasteiger charge is 2.31. The first-order valence-electron chi connectivity index (χ1n) is 8.39. The molecular formula is C20H19BrN2O2. The third kappa shape index (κ3) is 3.04. The van der Waals surface area contributed by atoms with Gasteiger partial charge >= 0.3 is 0 Å². The molecule has 0 aliphatic carbocycles. The molecule has 1 amide bonds. The summed E-state index contributed by atoms with van der Waals surface area (Å²) in [6, 6.07) is 16.0. The van der Waals surface area contributed by atoms with Crippen LogP contribution in [0.25, 0.3) is 10.9 Å². The molecule has 3 aromatic rings. The van der Waals surface area contributed by atoms with E-state index in [0.717, 1.165) is 46.1 Å². The lowest BCUT2D eigenvalue weighted by molar-refractivity contribution is 0.0730. The predicted molar refractivity (Wildman–Crippen MR) is 102 cm³/mol. The third-order valence-corrected chi connectivity index (χ3v) is 5.30. The normalized spacial score (nSPS) is 17.2. The zero-order valence-corrected chi connectivity index (χ0v) is 15.5. The smallest absolute Gasteiger partial charge is 0.270 e. The molecule has 0 saturated carbocycles. The fourth-order valence-corrected chi connectivity index (χ4v) is 3.94. The summed E-state index contributed by atoms with van der Waals surface area (Å²) in [5.74, 6) is 0.880. The van der Waals surface area contributed by atoms with Crippen molar-refractivity contribution in [3.63, 3.8) is 0 Å². The maximum absolute atomic E-state index is 13.1. The van der Waals surface area contributed by atoms with Gasteiger partial charge in [-0.3, -0.25) is 4.79 Å². The molecule has 1 unspecified atom stereocenters. The Morgan fingerprint density at radius 1 is 1.24 bits per heavy atom. The summed E-state index contributed by atoms with van der Waals surface area (Å²) in [7, 11) is 1.67. The highest BCUT2D eigenvalue weighted by Crippen LogP contribution is 2.34. The van der Waals surface area contributed by atoms with Crippen LogP contribution >= 0.6 is 15.9 Å². The van der Waals surface area contributed by atoms with E-state index in [1.165, 1.54) is 0 Å². The first-order valence-corrected chi connectivity index (χ1v) is 9.18. The average Bonchev–Trinajstić information content (AvgIpc) is 3.27. The molecule has 4 rings (SSSR count). The van der Waals surface area contributed by atoms with Gasteiger partial charge in [0.1, 0.15) is 11.4 Å². The van der Waals surface area contributed by atoms with Crippen LogP contribution in [-0.4, -0.2) is 29.4 Å². The van der Waals surface area contributed by atoms with Crippen molar-refractivity contribution < 1.29 is 9.53 Å². The van der Waals surface area contributed by atoms with Gasteiger partial charge in [0.25, 0.3) is 5.91 Å². The van der Waals surface area contributed by atoms with Crippen molar-refractivity contribution in [1.82, 2.24) is 9.88 Å². The maximum atomic E-state index is 13.1. The van der Waals surface area contributed by atoms with Gasteiger partial charge in [-0.15, -0.1) is 0 Å². The lowest BCUT2D eigenvalue weighted by Crippen LogP contribution is -2.30. The van der Waals surface area contributed by atoms with Crippen molar-refractivity contribution in [1.29, 1.82) is 0 Å². The fourth-order valence-electron chi connectivity index (χ4n) is 3.57. The molecule has 2 heterocycles. The van der Waals surface area contributed by atoms with Gasteiger partial charge < -0.3 is 14.6 Å². The fraction of sp³-hybridized carbons (Fsp3) is 0.250. The van der Waals surface area contributed by atoms with Crippen LogP contribution in [0.5, 0.6) is 5.75 Å². The Kier molecular flexibility index (Phi) is 4.25. The summed E-state index contributed by atoms with van der Waals surface area (Å²) in [4.78, 5) is 18.3. The van der Waals surface area contributed by atoms with Crippen LogP contribution in [0.15, 0.2) is 53.0 Å². The zero-order valence-electron chi connectivity index (χ0n) is 14.0. The molecule has 0 spiro atoms. The summed E-state index contributed by atoms with van der Waals surface area (Å²) in [5, 5.41) is 1.05. The van der Waals surface area contributed by atoms with Crippen LogP contribution in [0.4, 0.5) is 0 Å². The van der Waals surface area contributed by atoms with Crippen LogP contribution in [0, 0.1) is 0 Å². The quantitative estimate of drug-likeness (QED) is 0.680. The highest BCUT2D eigenvalue weighted by molar-refractivity contribution is 9.10. The topological polar surface area (TPSA) is 45.3 Å². The number of nitrogens with one attached hydrogen (secondary N) is 1. The van der Waals surface area contributed by atoms with Crippen molar-refractivity contribution in [2.24, 2.45) is 0 Å². The zero-order chi connectivity index (χ0) is 17.4. The van der Waals surface area contributed by atoms with E-state index in [4.69, 9.17) is 4.74 Å². The summed E-state index contributed by atoms with van der Waals surface area (Å²) < 4.78 is 6.33. The van der Waals surface area contributed by atoms with Crippen molar-refractivity contribution >= 4 is 32.7 Å². The molecule has 128 valence electrons. The molecule has 1 aliphatic heterocycles. The molecule has 1 saturated heterocycles. The van der Waals surface area contributed by atoms with E-state index in [1.54, 1.807) is 7.11 Å². The number of ether oxygens (including phenoxy) is 1. The standard InChI is InChI=1S/C20H19BrN2O2/c1-25-16-5-2-4-14(10-16)19-6-3-9-23(19)20(24)18-11-13-7-8-15(21)12-17(13)22-18/h2,4-5,7-8,10-12,19,22H,3,6,9H2,1H3. The van der Waals surface area contributed by atoms with Gasteiger partial charge in [0.15, 0.2) is 0 Å². The van der Waals surface area contributed by atoms with Crippen molar-refractivity contribution in [3.05, 3.63) is 64.3 Å². The summed E-state index contributed by atoms with van der Waals surface area (Å²) in [6.45, 7) is 0.778. The van der Waals surface area contributed by atoms with Gasteiger partial charge in [-0.2, -0.15) is 0 Å². The summed E-state index contributed by atoms with van der Waals surface area (Å²) >= 11 is 3.47. The molecule has 4 nitrogen and oxygen atoms in total. The number of benzene rings is 2. The first-order chi connectivity index (χ1) is 12.2. The van der Waals surface area contributed by atoms with Crippen LogP contribution in [-0.2, 0) is 0 Å². The number of aromatic amines is 1. The largest absolute Gasteiger partial charge is 0.497 e. The van der Waals surface area contributed by atoms with Crippen molar-refractivity contribution in [2.75, 3.05) is 13.7 Å². The molecule has 1 aromatic heterocycles. The third-order valence-electron chi connectivity index (χ3n) is 4.81. The SMILES string of the molecule is COc1cccc(C2CCCN2C(=O)c2cc3ccc(Br)cc3[nH]2)c1. The second kappa shape index (κ2) is 6.56. The molecule has 1 aliphatic rings. The number of carbonyl (C=O) groups excluding carboxylic acids is 1. The highest BCUT2D eigenvalue weighted by atomic mass is 79.9. The van der Waals surface area contributed by atoms with Gasteiger partial charge in [-0.05, 0) is 48.7 Å². The number of hydrogen-bond acceptors (Lipinski definition) is 2.